The van der Waals surface area contributed by atoms with Gasteiger partial charge in [-0.1, -0.05) is 23.4 Å². The van der Waals surface area contributed by atoms with Gasteiger partial charge in [-0.15, -0.1) is 11.3 Å². The number of ether oxygens (including phenoxy) is 2. The number of aromatic nitrogens is 3. The average molecular weight is 459 g/mol. The van der Waals surface area contributed by atoms with Crippen LogP contribution in [-0.4, -0.2) is 37.8 Å². The van der Waals surface area contributed by atoms with Crippen LogP contribution in [0, 0.1) is 0 Å². The zero-order valence-corrected chi connectivity index (χ0v) is 18.3. The van der Waals surface area contributed by atoms with Crippen molar-refractivity contribution in [1.82, 2.24) is 15.1 Å². The molecule has 160 valence electrons. The number of anilines is 1. The Labute approximate surface area is 182 Å². The van der Waals surface area contributed by atoms with Crippen molar-refractivity contribution in [3.63, 3.8) is 0 Å². The molecule has 0 amide bonds. The van der Waals surface area contributed by atoms with Crippen LogP contribution in [0.4, 0.5) is 5.13 Å². The lowest BCUT2D eigenvalue weighted by Gasteiger charge is -2.19. The molecular weight excluding hydrogens is 440 g/mol. The molecule has 4 rings (SSSR count). The summed E-state index contributed by atoms with van der Waals surface area (Å²) in [7, 11) is -0.803. The molecule has 0 aliphatic carbocycles. The summed E-state index contributed by atoms with van der Waals surface area (Å²) in [4.78, 5) is 8.66. The highest BCUT2D eigenvalue weighted by Gasteiger charge is 2.29. The van der Waals surface area contributed by atoms with Gasteiger partial charge in [-0.25, -0.2) is 17.7 Å². The Hall–Kier alpha value is -3.44. The maximum absolute atomic E-state index is 13.2. The maximum atomic E-state index is 13.2. The van der Waals surface area contributed by atoms with Crippen molar-refractivity contribution in [2.24, 2.45) is 0 Å². The summed E-state index contributed by atoms with van der Waals surface area (Å²) in [5.74, 6) is 1.51. The molecule has 0 saturated carbocycles. The largest absolute Gasteiger partial charge is 0.493 e. The van der Waals surface area contributed by atoms with Crippen molar-refractivity contribution in [1.29, 1.82) is 0 Å². The van der Waals surface area contributed by atoms with Crippen molar-refractivity contribution < 1.29 is 22.4 Å². The molecule has 9 nitrogen and oxygen atoms in total. The Morgan fingerprint density at radius 3 is 2.52 bits per heavy atom. The summed E-state index contributed by atoms with van der Waals surface area (Å²) >= 11 is 1.20. The van der Waals surface area contributed by atoms with Crippen LogP contribution in [0.1, 0.15) is 5.89 Å². The molecule has 0 bridgehead atoms. The summed E-state index contributed by atoms with van der Waals surface area (Å²) < 4.78 is 43.5. The monoisotopic (exact) mass is 458 g/mol. The molecule has 0 saturated heterocycles. The van der Waals surface area contributed by atoms with E-state index < -0.39 is 10.0 Å². The zero-order chi connectivity index (χ0) is 21.8. The highest BCUT2D eigenvalue weighted by atomic mass is 32.2. The molecule has 4 aromatic rings. The second-order valence-electron chi connectivity index (χ2n) is 6.22. The molecule has 31 heavy (non-hydrogen) atoms. The summed E-state index contributed by atoms with van der Waals surface area (Å²) in [5.41, 5.74) is 0.638. The van der Waals surface area contributed by atoms with E-state index in [2.05, 4.69) is 15.1 Å². The molecule has 0 unspecified atom stereocenters. The van der Waals surface area contributed by atoms with Gasteiger partial charge in [0.25, 0.3) is 10.0 Å². The lowest BCUT2D eigenvalue weighted by atomic mass is 10.2. The van der Waals surface area contributed by atoms with E-state index in [0.29, 0.717) is 28.0 Å². The van der Waals surface area contributed by atoms with E-state index in [-0.39, 0.29) is 17.3 Å². The van der Waals surface area contributed by atoms with Gasteiger partial charge >= 0.3 is 0 Å². The van der Waals surface area contributed by atoms with Crippen molar-refractivity contribution in [2.45, 2.75) is 11.4 Å². The molecule has 0 aliphatic heterocycles. The fourth-order valence-corrected chi connectivity index (χ4v) is 5.11. The first-order valence-electron chi connectivity index (χ1n) is 9.05. The smallest absolute Gasteiger partial charge is 0.266 e. The number of methoxy groups -OCH3 is 2. The SMILES string of the molecule is COc1ccc(-c2noc(CN(c3nccs3)S(=O)(=O)c3ccccc3)n2)cc1OC. The predicted octanol–water partition coefficient (Wildman–Crippen LogP) is 3.61. The fraction of sp³-hybridized carbons (Fsp3) is 0.150. The number of thiazole rings is 1. The van der Waals surface area contributed by atoms with Gasteiger partial charge in [-0.05, 0) is 30.3 Å². The van der Waals surface area contributed by atoms with Crippen molar-refractivity contribution >= 4 is 26.5 Å². The standard InChI is InChI=1S/C20H18N4O5S2/c1-27-16-9-8-14(12-17(16)28-2)19-22-18(29-23-19)13-24(20-21-10-11-30-20)31(25,26)15-6-4-3-5-7-15/h3-12H,13H2,1-2H3. The first kappa shape index (κ1) is 20.8. The minimum atomic E-state index is -3.88. The second kappa shape index (κ2) is 8.74. The van der Waals surface area contributed by atoms with Crippen molar-refractivity contribution in [3.8, 4) is 22.9 Å². The van der Waals surface area contributed by atoms with Crippen LogP contribution in [0.15, 0.2) is 69.5 Å². The lowest BCUT2D eigenvalue weighted by Crippen LogP contribution is -2.30. The number of benzene rings is 2. The van der Waals surface area contributed by atoms with Gasteiger partial charge in [-0.2, -0.15) is 4.98 Å². The molecule has 2 aromatic carbocycles. The summed E-state index contributed by atoms with van der Waals surface area (Å²) in [6, 6.07) is 13.3. The second-order valence-corrected chi connectivity index (χ2v) is 8.96. The number of sulfonamides is 1. The third-order valence-corrected chi connectivity index (χ3v) is 7.01. The molecule has 0 fully saturated rings. The molecule has 0 spiro atoms. The molecular formula is C20H18N4O5S2. The van der Waals surface area contributed by atoms with Gasteiger partial charge in [0.2, 0.25) is 11.7 Å². The van der Waals surface area contributed by atoms with Gasteiger partial charge in [-0.3, -0.25) is 0 Å². The first-order chi connectivity index (χ1) is 15.0. The van der Waals surface area contributed by atoms with Gasteiger partial charge in [0.05, 0.1) is 19.1 Å². The Kier molecular flexibility index (Phi) is 5.87. The number of nitrogens with zero attached hydrogens (tertiary/aromatic N) is 4. The van der Waals surface area contributed by atoms with E-state index in [9.17, 15) is 8.42 Å². The van der Waals surface area contributed by atoms with Crippen molar-refractivity contribution in [3.05, 3.63) is 66.0 Å². The van der Waals surface area contributed by atoms with Crippen LogP contribution >= 0.6 is 11.3 Å². The molecule has 2 heterocycles. The van der Waals surface area contributed by atoms with Crippen LogP contribution in [0.5, 0.6) is 11.5 Å². The van der Waals surface area contributed by atoms with Crippen LogP contribution in [0.25, 0.3) is 11.4 Å². The van der Waals surface area contributed by atoms with Gasteiger partial charge in [0, 0.05) is 17.1 Å². The topological polar surface area (TPSA) is 108 Å². The Bertz CT molecular complexity index is 1260. The van der Waals surface area contributed by atoms with Crippen LogP contribution < -0.4 is 13.8 Å². The number of rotatable bonds is 8. The zero-order valence-electron chi connectivity index (χ0n) is 16.6. The normalized spacial score (nSPS) is 11.3. The Balaban J connectivity index is 1.66. The number of hydrogen-bond acceptors (Lipinski definition) is 9. The van der Waals surface area contributed by atoms with Gasteiger partial charge in [0.15, 0.2) is 16.6 Å². The molecule has 0 radical (unpaired) electrons. The molecule has 0 atom stereocenters. The summed E-state index contributed by atoms with van der Waals surface area (Å²) in [6.07, 6.45) is 1.54. The van der Waals surface area contributed by atoms with E-state index in [0.717, 1.165) is 4.31 Å². The minimum absolute atomic E-state index is 0.125. The Morgan fingerprint density at radius 2 is 1.84 bits per heavy atom. The molecule has 11 heteroatoms. The van der Waals surface area contributed by atoms with E-state index in [1.807, 2.05) is 0 Å². The summed E-state index contributed by atoms with van der Waals surface area (Å²) in [5, 5.41) is 5.99. The highest BCUT2D eigenvalue weighted by molar-refractivity contribution is 7.93. The van der Waals surface area contributed by atoms with Crippen LogP contribution in [0.3, 0.4) is 0 Å². The predicted molar refractivity (Wildman–Crippen MR) is 115 cm³/mol. The van der Waals surface area contributed by atoms with E-state index in [1.165, 1.54) is 36.8 Å². The lowest BCUT2D eigenvalue weighted by molar-refractivity contribution is 0.355. The average Bonchev–Trinajstić information content (AvgIpc) is 3.49. The van der Waals surface area contributed by atoms with Crippen LogP contribution in [-0.2, 0) is 16.6 Å². The minimum Gasteiger partial charge on any atom is -0.493 e. The van der Waals surface area contributed by atoms with Gasteiger partial charge < -0.3 is 14.0 Å². The fourth-order valence-electron chi connectivity index (χ4n) is 2.85. The molecule has 0 N–H and O–H groups in total. The third kappa shape index (κ3) is 4.23. The van der Waals surface area contributed by atoms with E-state index >= 15 is 0 Å². The third-order valence-electron chi connectivity index (χ3n) is 4.35. The number of hydrogen-bond donors (Lipinski definition) is 0. The molecule has 2 aromatic heterocycles. The van der Waals surface area contributed by atoms with Gasteiger partial charge in [0.1, 0.15) is 6.54 Å². The van der Waals surface area contributed by atoms with Crippen LogP contribution in [0.2, 0.25) is 0 Å². The van der Waals surface area contributed by atoms with E-state index in [4.69, 9.17) is 14.0 Å². The van der Waals surface area contributed by atoms with E-state index in [1.54, 1.807) is 48.9 Å². The summed E-state index contributed by atoms with van der Waals surface area (Å²) in [6.45, 7) is -0.162. The molecule has 0 aliphatic rings. The quantitative estimate of drug-likeness (QED) is 0.394. The maximum Gasteiger partial charge on any atom is 0.266 e. The highest BCUT2D eigenvalue weighted by Crippen LogP contribution is 2.32. The first-order valence-corrected chi connectivity index (χ1v) is 11.4. The van der Waals surface area contributed by atoms with Crippen molar-refractivity contribution in [2.75, 3.05) is 18.5 Å². The Morgan fingerprint density at radius 1 is 1.06 bits per heavy atom.